The van der Waals surface area contributed by atoms with Crippen molar-refractivity contribution < 1.29 is 92.6 Å². The van der Waals surface area contributed by atoms with Crippen molar-refractivity contribution in [3.8, 4) is 0 Å². The molecule has 0 spiro atoms. The maximum absolute atomic E-state index is 10.3. The van der Waals surface area contributed by atoms with Crippen LogP contribution in [0.25, 0.3) is 0 Å². The molecule has 750 valence electrons. The Labute approximate surface area is 786 Å². The van der Waals surface area contributed by atoms with E-state index in [0.717, 1.165) is 109 Å². The summed E-state index contributed by atoms with van der Waals surface area (Å²) in [5, 5.41) is 49.6. The van der Waals surface area contributed by atoms with E-state index in [4.69, 9.17) is 40.1 Å². The Hall–Kier alpha value is -7.65. The molecule has 0 aromatic carbocycles. The molecule has 0 aliphatic carbocycles. The van der Waals surface area contributed by atoms with Crippen molar-refractivity contribution in [2.75, 3.05) is 79.3 Å². The number of esters is 6. The lowest BCUT2D eigenvalue weighted by Gasteiger charge is -1.99. The number of carbonyl (C=O) groups is 7. The fourth-order valence-corrected chi connectivity index (χ4v) is 8.52. The first-order chi connectivity index (χ1) is 62.0. The van der Waals surface area contributed by atoms with Gasteiger partial charge in [0.25, 0.3) is 0 Å². The number of ether oxygens (including phenoxy) is 6. The van der Waals surface area contributed by atoms with E-state index >= 15 is 0 Å². The van der Waals surface area contributed by atoms with Crippen LogP contribution in [0.15, 0.2) is 182 Å². The number of hydrogen-bond acceptors (Lipinski definition) is 19. The Balaban J connectivity index is -0.000000103. The highest BCUT2D eigenvalue weighted by Crippen LogP contribution is 2.11. The lowest BCUT2D eigenvalue weighted by Crippen LogP contribution is -1.97. The third-order valence-corrected chi connectivity index (χ3v) is 15.5. The van der Waals surface area contributed by atoms with Crippen LogP contribution >= 0.6 is 0 Å². The van der Waals surface area contributed by atoms with Crippen molar-refractivity contribution in [2.45, 2.75) is 395 Å². The molecule has 0 saturated carbocycles. The van der Waals surface area contributed by atoms with Crippen molar-refractivity contribution in [3.05, 3.63) is 182 Å². The quantitative estimate of drug-likeness (QED) is 0.0108. The van der Waals surface area contributed by atoms with Crippen LogP contribution in [-0.2, 0) is 62.0 Å². The molecule has 0 atom stereocenters. The molecule has 0 unspecified atom stereocenters. The van der Waals surface area contributed by atoms with Gasteiger partial charge in [-0.2, -0.15) is 0 Å². The van der Waals surface area contributed by atoms with E-state index in [0.29, 0.717) is 46.2 Å². The maximum Gasteiger partial charge on any atom is 0.302 e. The van der Waals surface area contributed by atoms with Gasteiger partial charge in [-0.25, -0.2) is 0 Å². The highest BCUT2D eigenvalue weighted by Gasteiger charge is 1.95. The van der Waals surface area contributed by atoms with Crippen LogP contribution < -0.4 is 0 Å². The van der Waals surface area contributed by atoms with Gasteiger partial charge in [0.2, 0.25) is 0 Å². The van der Waals surface area contributed by atoms with Gasteiger partial charge in [0.05, 0.1) is 33.0 Å². The van der Waals surface area contributed by atoms with Crippen LogP contribution in [0.4, 0.5) is 0 Å². The molecule has 0 heterocycles. The molecule has 19 heteroatoms. The average Bonchev–Trinajstić information content (AvgIpc) is 1.14. The van der Waals surface area contributed by atoms with Crippen LogP contribution in [0, 0.1) is 0 Å². The zero-order valence-corrected chi connectivity index (χ0v) is 85.4. The van der Waals surface area contributed by atoms with Crippen LogP contribution in [0.1, 0.15) is 395 Å². The van der Waals surface area contributed by atoms with Crippen LogP contribution in [0.2, 0.25) is 0 Å². The zero-order valence-electron chi connectivity index (χ0n) is 85.4. The standard InChI is InChI=1S/C16H30O.C14H28O.2C9H16O2.C9H14O2.C8H14O2.2C7H12O2.C7H14O.C7H12O.C6H12O.2C5H10O/c1-2-3-4-5-6-7-8-9-10-11-12-13-14-15-16-17;1-2-3-4-5-6-7-8-9-10-11-12-13-14-15;3*1-3-4-5-6-7-8-11-9(2)10;1-3-4-5-6-7-10-8(2)9;2*1-3-4-5-6-9-7(2)8;2*1-2-3-4-5-6-7-8;1-2-3-4-5-6-7;2*1-2-3-4-5-6/h5-6,16H,2-4,7-15H2,1H3;5-6,15H,2-4,7-14H2,1H3;2*6-7H,3-5,8H2,1-2H3;3-4,6-7H,5,8H2,1-2H3;5-6H,3-4,7H2,1-2H3;2*4-5H,3,6H2,1-2H3;5-6,8H,2-4,7H2,1H3;2-3,5-6,8H,4,7H2,1H3;4-5,7H,2-3,6H2,1H3;2*3-4,6H,2,5H2,1H3/b2*6-5-;2*7-6-;4-3+,7-6-;6-5-;2*5-4-;6-5-;3-2+,6-5-;5-4-;2*4-3-. The molecule has 0 saturated heterocycles. The van der Waals surface area contributed by atoms with Gasteiger partial charge in [0.1, 0.15) is 45.9 Å². The molecule has 0 fully saturated rings. The largest absolute Gasteiger partial charge is 0.462 e. The van der Waals surface area contributed by atoms with Gasteiger partial charge < -0.3 is 63.9 Å². The fourth-order valence-electron chi connectivity index (χ4n) is 8.52. The maximum atomic E-state index is 10.3. The second kappa shape index (κ2) is 166. The van der Waals surface area contributed by atoms with Crippen LogP contribution in [-0.4, -0.2) is 152 Å². The summed E-state index contributed by atoms with van der Waals surface area (Å²) in [5.74, 6) is -1.34. The van der Waals surface area contributed by atoms with Crippen molar-refractivity contribution in [1.29, 1.82) is 0 Å². The molecule has 0 aromatic heterocycles. The van der Waals surface area contributed by atoms with Crippen molar-refractivity contribution >= 4 is 42.1 Å². The van der Waals surface area contributed by atoms with Crippen LogP contribution in [0.5, 0.6) is 0 Å². The first kappa shape index (κ1) is 149. The lowest BCUT2D eigenvalue weighted by molar-refractivity contribution is -0.140. The summed E-state index contributed by atoms with van der Waals surface area (Å²) in [6, 6.07) is 0. The topological polar surface area (TPSA) is 296 Å². The highest BCUT2D eigenvalue weighted by atomic mass is 16.5. The molecule has 0 amide bonds. The van der Waals surface area contributed by atoms with Gasteiger partial charge in [-0.3, -0.25) is 28.8 Å². The Kier molecular flexibility index (Phi) is 193. The molecule has 6 N–H and O–H groups in total. The van der Waals surface area contributed by atoms with Crippen LogP contribution in [0.3, 0.4) is 0 Å². The van der Waals surface area contributed by atoms with E-state index in [-0.39, 0.29) is 68.9 Å². The summed E-state index contributed by atoms with van der Waals surface area (Å²) in [4.78, 5) is 71.4. The minimum absolute atomic E-state index is 0.150. The predicted octanol–water partition coefficient (Wildman–Crippen LogP) is 28.0. The monoisotopic (exact) mass is 1810 g/mol. The van der Waals surface area contributed by atoms with Gasteiger partial charge in [-0.15, -0.1) is 0 Å². The summed E-state index contributed by atoms with van der Waals surface area (Å²) in [6.45, 7) is 39.4. The number of aliphatic hydroxyl groups excluding tert-OH is 6. The number of rotatable bonds is 62. The SMILES string of the molecule is C/C=C/C/C=C\CO.C/C=C/C/C=C\COC(C)=O.CC/C=C\CO.CC/C=C\CO.CC/C=C\COC(C)=O.CC/C=C\COC(C)=O.CCC/C=C\CO.CCC/C=C\COC(C)=O.CCCC/C=C\CCCCCCCCCC=O.CCCC/C=C\CCCCCCCCO.CCCC/C=C\CO.CCCC/C=C\COC(C)=O.CCCC/C=C\COC(C)=O. The van der Waals surface area contributed by atoms with Crippen molar-refractivity contribution in [1.82, 2.24) is 0 Å². The molecular weight excluding hydrogens is 1610 g/mol. The summed E-state index contributed by atoms with van der Waals surface area (Å²) in [5.41, 5.74) is 0. The lowest BCUT2D eigenvalue weighted by atomic mass is 10.1. The van der Waals surface area contributed by atoms with Crippen molar-refractivity contribution in [2.24, 2.45) is 0 Å². The summed E-state index contributed by atoms with van der Waals surface area (Å²) in [7, 11) is 0. The number of carbonyl (C=O) groups excluding carboxylic acids is 7. The minimum atomic E-state index is -0.235. The highest BCUT2D eigenvalue weighted by molar-refractivity contribution is 5.67. The first-order valence-electron chi connectivity index (χ1n) is 48.6. The Morgan fingerprint density at radius 2 is 0.391 bits per heavy atom. The molecule has 128 heavy (non-hydrogen) atoms. The number of allylic oxidation sites excluding steroid dienone is 19. The van der Waals surface area contributed by atoms with E-state index in [2.05, 4.69) is 91.7 Å². The number of unbranched alkanes of at least 4 members (excludes halogenated alkanes) is 26. The average molecular weight is 1810 g/mol. The van der Waals surface area contributed by atoms with E-state index in [1.54, 1.807) is 30.4 Å². The molecule has 0 radical (unpaired) electrons. The van der Waals surface area contributed by atoms with Gasteiger partial charge in [-0.05, 0) is 136 Å². The Bertz CT molecular complexity index is 2480. The Morgan fingerprint density at radius 3 is 0.617 bits per heavy atom. The molecule has 0 rings (SSSR count). The van der Waals surface area contributed by atoms with E-state index in [9.17, 15) is 33.6 Å². The van der Waals surface area contributed by atoms with Gasteiger partial charge in [0.15, 0.2) is 0 Å². The van der Waals surface area contributed by atoms with Gasteiger partial charge >= 0.3 is 35.8 Å². The van der Waals surface area contributed by atoms with Crippen molar-refractivity contribution in [3.63, 3.8) is 0 Å². The number of aliphatic hydroxyl groups is 6. The minimum Gasteiger partial charge on any atom is -0.462 e. The third-order valence-electron chi connectivity index (χ3n) is 15.5. The number of hydrogen-bond donors (Lipinski definition) is 6. The third kappa shape index (κ3) is 246. The first-order valence-corrected chi connectivity index (χ1v) is 48.6. The predicted molar refractivity (Wildman–Crippen MR) is 549 cm³/mol. The molecule has 0 bridgehead atoms. The van der Waals surface area contributed by atoms with E-state index in [1.165, 1.54) is 202 Å². The normalized spacial score (nSPS) is 10.7. The van der Waals surface area contributed by atoms with Gasteiger partial charge in [-0.1, -0.05) is 393 Å². The molecule has 0 aromatic rings. The molecular formula is C109H200O19. The summed E-state index contributed by atoms with van der Waals surface area (Å²) in [6.07, 6.45) is 109. The van der Waals surface area contributed by atoms with Gasteiger partial charge in [0, 0.05) is 54.6 Å². The second-order valence-corrected chi connectivity index (χ2v) is 28.2. The summed E-state index contributed by atoms with van der Waals surface area (Å²) >= 11 is 0. The second-order valence-electron chi connectivity index (χ2n) is 28.2. The van der Waals surface area contributed by atoms with E-state index < -0.39 is 0 Å². The fraction of sp³-hybridized carbons (Fsp3) is 0.661. The Morgan fingerprint density at radius 1 is 0.203 bits per heavy atom. The number of aldehydes is 1. The zero-order chi connectivity index (χ0) is 99.1. The molecule has 0 aliphatic rings. The molecule has 0 aliphatic heterocycles. The summed E-state index contributed by atoms with van der Waals surface area (Å²) < 4.78 is 28.0. The smallest absolute Gasteiger partial charge is 0.302 e. The molecule has 19 nitrogen and oxygen atoms in total. The van der Waals surface area contributed by atoms with E-state index in [1.807, 2.05) is 169 Å².